The van der Waals surface area contributed by atoms with Gasteiger partial charge in [0.2, 0.25) is 0 Å². The van der Waals surface area contributed by atoms with Gasteiger partial charge in [0.15, 0.2) is 0 Å². The van der Waals surface area contributed by atoms with Gasteiger partial charge in [0.1, 0.15) is 11.9 Å². The predicted molar refractivity (Wildman–Crippen MR) is 88.5 cm³/mol. The van der Waals surface area contributed by atoms with Crippen LogP contribution in [0.15, 0.2) is 23.6 Å². The van der Waals surface area contributed by atoms with Crippen LogP contribution in [0.2, 0.25) is 0 Å². The number of anilines is 1. The lowest BCUT2D eigenvalue weighted by molar-refractivity contribution is -0.0533. The van der Waals surface area contributed by atoms with E-state index in [1.807, 2.05) is 0 Å². The van der Waals surface area contributed by atoms with Gasteiger partial charge < -0.3 is 30.1 Å². The Morgan fingerprint density at radius 1 is 1.52 bits per heavy atom. The Labute approximate surface area is 143 Å². The van der Waals surface area contributed by atoms with Crippen molar-refractivity contribution in [3.8, 4) is 0 Å². The summed E-state index contributed by atoms with van der Waals surface area (Å²) in [5.74, 6) is 0.0439. The predicted octanol–water partition coefficient (Wildman–Crippen LogP) is -0.812. The number of nitrogen functional groups attached to an aromatic ring is 1. The minimum absolute atomic E-state index is 0.0439. The molecule has 0 saturated heterocycles. The van der Waals surface area contributed by atoms with E-state index in [2.05, 4.69) is 16.1 Å². The van der Waals surface area contributed by atoms with Gasteiger partial charge in [-0.25, -0.2) is 9.36 Å². The molecule has 0 spiro atoms. The van der Waals surface area contributed by atoms with Crippen molar-refractivity contribution in [2.75, 3.05) is 32.7 Å². The zero-order chi connectivity index (χ0) is 19.0. The van der Waals surface area contributed by atoms with Crippen molar-refractivity contribution in [2.45, 2.75) is 18.6 Å². The average molecular weight is 379 g/mol. The zero-order valence-electron chi connectivity index (χ0n) is 13.6. The lowest BCUT2D eigenvalue weighted by Crippen LogP contribution is -2.34. The molecule has 1 heterocycles. The van der Waals surface area contributed by atoms with Gasteiger partial charge in [-0.15, -0.1) is 0 Å². The van der Waals surface area contributed by atoms with Gasteiger partial charge in [0.25, 0.3) is 0 Å². The Kier molecular flexibility index (Phi) is 8.39. The number of aliphatic hydroxyl groups is 1. The summed E-state index contributed by atoms with van der Waals surface area (Å²) in [5, 5.41) is 9.53. The number of nitrogens with two attached hydrogens (primary N) is 1. The molecule has 0 amide bonds. The number of hydrogen-bond donors (Lipinski definition) is 4. The number of nitrogens with zero attached hydrogens (tertiary/aromatic N) is 2. The van der Waals surface area contributed by atoms with Crippen molar-refractivity contribution in [1.29, 1.82) is 0 Å². The molecule has 1 rings (SSSR count). The van der Waals surface area contributed by atoms with E-state index in [1.54, 1.807) is 0 Å². The minimum Gasteiger partial charge on any atom is -0.393 e. The second-order valence-electron chi connectivity index (χ2n) is 4.99. The minimum atomic E-state index is -4.59. The van der Waals surface area contributed by atoms with Crippen molar-refractivity contribution < 1.29 is 33.5 Å². The molecule has 25 heavy (non-hydrogen) atoms. The number of methoxy groups -OCH3 is 1. The number of phosphoric ester groups is 1. The molecule has 2 atom stereocenters. The quantitative estimate of drug-likeness (QED) is 0.357. The molecule has 0 aliphatic rings. The van der Waals surface area contributed by atoms with Crippen molar-refractivity contribution >= 4 is 19.3 Å². The first kappa shape index (κ1) is 21.5. The smallest absolute Gasteiger partial charge is 0.393 e. The van der Waals surface area contributed by atoms with Gasteiger partial charge in [-0.2, -0.15) is 4.98 Å². The second-order valence-corrected chi connectivity index (χ2v) is 6.23. The molecule has 0 aliphatic heterocycles. The first-order valence-electron chi connectivity index (χ1n) is 7.17. The Bertz CT molecular complexity index is 673. The maximum atomic E-state index is 11.8. The highest BCUT2D eigenvalue weighted by Crippen LogP contribution is 2.35. The van der Waals surface area contributed by atoms with E-state index in [1.165, 1.54) is 19.4 Å². The molecular formula is C13H22N3O8P. The van der Waals surface area contributed by atoms with Crippen molar-refractivity contribution in [2.24, 2.45) is 0 Å². The molecular weight excluding hydrogens is 357 g/mol. The Balaban J connectivity index is 2.79. The van der Waals surface area contributed by atoms with Crippen LogP contribution in [0.1, 0.15) is 6.42 Å². The molecule has 1 aromatic rings. The van der Waals surface area contributed by atoms with Crippen LogP contribution in [0.3, 0.4) is 0 Å². The van der Waals surface area contributed by atoms with Crippen LogP contribution in [0.5, 0.6) is 0 Å². The number of aliphatic hydroxyl groups excluding tert-OH is 1. The van der Waals surface area contributed by atoms with Gasteiger partial charge in [-0.1, -0.05) is 6.58 Å². The number of phosphoric acid groups is 1. The van der Waals surface area contributed by atoms with Gasteiger partial charge in [0.05, 0.1) is 31.6 Å². The number of ether oxygens (including phenoxy) is 2. The maximum Gasteiger partial charge on any atom is 0.469 e. The van der Waals surface area contributed by atoms with E-state index in [4.69, 9.17) is 25.0 Å². The summed E-state index contributed by atoms with van der Waals surface area (Å²) < 4.78 is 26.7. The maximum absolute atomic E-state index is 11.8. The Hall–Kier alpha value is -1.59. The summed E-state index contributed by atoms with van der Waals surface area (Å²) in [4.78, 5) is 32.8. The van der Waals surface area contributed by atoms with Crippen LogP contribution in [0.4, 0.5) is 5.82 Å². The first-order valence-corrected chi connectivity index (χ1v) is 8.70. The number of aromatic nitrogens is 2. The van der Waals surface area contributed by atoms with E-state index in [-0.39, 0.29) is 31.1 Å². The monoisotopic (exact) mass is 379 g/mol. The van der Waals surface area contributed by atoms with Gasteiger partial charge in [-0.3, -0.25) is 9.09 Å². The second kappa shape index (κ2) is 9.78. The van der Waals surface area contributed by atoms with E-state index >= 15 is 0 Å². The van der Waals surface area contributed by atoms with E-state index in [9.17, 15) is 14.5 Å². The van der Waals surface area contributed by atoms with Crippen LogP contribution >= 0.6 is 7.82 Å². The number of rotatable bonds is 11. The highest BCUT2D eigenvalue weighted by Gasteiger charge is 2.22. The fraction of sp³-hybridized carbons (Fsp3) is 0.538. The topological polar surface area (TPSA) is 166 Å². The summed E-state index contributed by atoms with van der Waals surface area (Å²) in [6.45, 7) is 3.02. The fourth-order valence-corrected chi connectivity index (χ4v) is 2.27. The van der Waals surface area contributed by atoms with Crippen molar-refractivity contribution in [3.05, 3.63) is 29.3 Å². The summed E-state index contributed by atoms with van der Waals surface area (Å²) in [6, 6.07) is 1.39. The fourth-order valence-electron chi connectivity index (χ4n) is 1.93. The van der Waals surface area contributed by atoms with Crippen LogP contribution in [-0.4, -0.2) is 63.6 Å². The largest absolute Gasteiger partial charge is 0.469 e. The summed E-state index contributed by atoms with van der Waals surface area (Å²) in [6.07, 6.45) is -0.208. The highest BCUT2D eigenvalue weighted by atomic mass is 31.2. The lowest BCUT2D eigenvalue weighted by Gasteiger charge is -2.25. The number of hydrogen-bond acceptors (Lipinski definition) is 8. The van der Waals surface area contributed by atoms with Crippen LogP contribution in [0, 0.1) is 0 Å². The molecule has 0 saturated carbocycles. The van der Waals surface area contributed by atoms with E-state index in [0.717, 1.165) is 4.57 Å². The normalized spacial score (nSPS) is 14.2. The van der Waals surface area contributed by atoms with Crippen LogP contribution < -0.4 is 11.4 Å². The van der Waals surface area contributed by atoms with E-state index < -0.39 is 32.3 Å². The molecule has 0 radical (unpaired) electrons. The zero-order valence-corrected chi connectivity index (χ0v) is 14.5. The standard InChI is InChI=1S/C13H22N3O8P/c1-9(16-5-3-12(14)15-13(16)18)11(7-17)24-10(8-22-2)4-6-23-25(19,20)21/h3,5,10-11,17H,1,4,6-8H2,2H3,(H2,14,15,18)(H2,19,20,21)/t10-,11-/m1/s1. The summed E-state index contributed by atoms with van der Waals surface area (Å²) >= 11 is 0. The summed E-state index contributed by atoms with van der Waals surface area (Å²) in [5.41, 5.74) is 4.86. The van der Waals surface area contributed by atoms with Crippen LogP contribution in [0.25, 0.3) is 5.70 Å². The van der Waals surface area contributed by atoms with Crippen molar-refractivity contribution in [1.82, 2.24) is 9.55 Å². The molecule has 0 unspecified atom stereocenters. The molecule has 11 nitrogen and oxygen atoms in total. The van der Waals surface area contributed by atoms with E-state index in [0.29, 0.717) is 0 Å². The van der Waals surface area contributed by atoms with Gasteiger partial charge in [0, 0.05) is 13.3 Å². The Morgan fingerprint density at radius 3 is 2.72 bits per heavy atom. The van der Waals surface area contributed by atoms with Gasteiger partial charge >= 0.3 is 13.5 Å². The SMILES string of the molecule is C=C([C@@H](CO)O[C@H](CCOP(=O)(O)O)COC)n1ccc(N)nc1=O. The average Bonchev–Trinajstić information content (AvgIpc) is 2.50. The first-order chi connectivity index (χ1) is 11.7. The molecule has 5 N–H and O–H groups in total. The van der Waals surface area contributed by atoms with Crippen molar-refractivity contribution in [3.63, 3.8) is 0 Å². The molecule has 142 valence electrons. The van der Waals surface area contributed by atoms with Crippen LogP contribution in [-0.2, 0) is 18.6 Å². The third-order valence-electron chi connectivity index (χ3n) is 3.08. The van der Waals surface area contributed by atoms with Gasteiger partial charge in [-0.05, 0) is 12.5 Å². The molecule has 0 bridgehead atoms. The lowest BCUT2D eigenvalue weighted by atomic mass is 10.2. The third kappa shape index (κ3) is 7.45. The molecule has 1 aromatic heterocycles. The molecule has 0 aromatic carbocycles. The third-order valence-corrected chi connectivity index (χ3v) is 3.60. The molecule has 0 aliphatic carbocycles. The highest BCUT2D eigenvalue weighted by molar-refractivity contribution is 7.46. The summed E-state index contributed by atoms with van der Waals surface area (Å²) in [7, 11) is -3.17. The molecule has 0 fully saturated rings. The Morgan fingerprint density at radius 2 is 2.20 bits per heavy atom. The molecule has 12 heteroatoms.